The van der Waals surface area contributed by atoms with Gasteiger partial charge in [0.15, 0.2) is 0 Å². The second-order valence-corrected chi connectivity index (χ2v) is 4.43. The lowest BCUT2D eigenvalue weighted by atomic mass is 10.0. The second-order valence-electron chi connectivity index (χ2n) is 4.43. The van der Waals surface area contributed by atoms with Crippen molar-refractivity contribution in [3.8, 4) is 0 Å². The highest BCUT2D eigenvalue weighted by atomic mass is 16.5. The first kappa shape index (κ1) is 13.9. The van der Waals surface area contributed by atoms with Gasteiger partial charge in [0.25, 0.3) is 0 Å². The summed E-state index contributed by atoms with van der Waals surface area (Å²) in [5, 5.41) is 9.00. The standard InChI is InChI=1S/C11H20N2O4/c1-3-7(12)4-10(14)13(2)9-6-17-5-8(9)11(15)16/h7-9H,3-6,12H2,1-2H3,(H,15,16). The number of amides is 1. The Bertz CT molecular complexity index is 295. The van der Waals surface area contributed by atoms with E-state index in [1.54, 1.807) is 7.05 Å². The number of ether oxygens (including phenoxy) is 1. The Hall–Kier alpha value is -1.14. The molecule has 3 N–H and O–H groups in total. The fourth-order valence-electron chi connectivity index (χ4n) is 1.86. The highest BCUT2D eigenvalue weighted by Gasteiger charge is 2.38. The summed E-state index contributed by atoms with van der Waals surface area (Å²) >= 11 is 0. The molecule has 6 nitrogen and oxygen atoms in total. The first-order valence-electron chi connectivity index (χ1n) is 5.79. The third-order valence-electron chi connectivity index (χ3n) is 3.22. The van der Waals surface area contributed by atoms with E-state index in [0.717, 1.165) is 6.42 Å². The molecule has 0 aromatic rings. The Kier molecular flexibility index (Phi) is 4.89. The quantitative estimate of drug-likeness (QED) is 0.691. The van der Waals surface area contributed by atoms with Gasteiger partial charge in [0.05, 0.1) is 19.3 Å². The summed E-state index contributed by atoms with van der Waals surface area (Å²) in [5.74, 6) is -1.69. The van der Waals surface area contributed by atoms with E-state index in [0.29, 0.717) is 0 Å². The summed E-state index contributed by atoms with van der Waals surface area (Å²) in [6.07, 6.45) is 0.971. The van der Waals surface area contributed by atoms with Crippen LogP contribution in [0.3, 0.4) is 0 Å². The van der Waals surface area contributed by atoms with Crippen molar-refractivity contribution in [3.63, 3.8) is 0 Å². The monoisotopic (exact) mass is 244 g/mol. The summed E-state index contributed by atoms with van der Waals surface area (Å²) in [5.41, 5.74) is 5.71. The van der Waals surface area contributed by atoms with Gasteiger partial charge in [-0.3, -0.25) is 9.59 Å². The summed E-state index contributed by atoms with van der Waals surface area (Å²) in [6, 6.07) is -0.556. The smallest absolute Gasteiger partial charge is 0.311 e. The number of carbonyl (C=O) groups is 2. The number of hydrogen-bond donors (Lipinski definition) is 2. The lowest BCUT2D eigenvalue weighted by Gasteiger charge is -2.27. The molecule has 0 aromatic heterocycles. The molecule has 1 aliphatic heterocycles. The van der Waals surface area contributed by atoms with Crippen LogP contribution in [0.15, 0.2) is 0 Å². The first-order valence-corrected chi connectivity index (χ1v) is 5.79. The van der Waals surface area contributed by atoms with Crippen molar-refractivity contribution in [3.05, 3.63) is 0 Å². The largest absolute Gasteiger partial charge is 0.481 e. The molecule has 1 saturated heterocycles. The molecular formula is C11H20N2O4. The van der Waals surface area contributed by atoms with Crippen LogP contribution < -0.4 is 5.73 Å². The van der Waals surface area contributed by atoms with Gasteiger partial charge in [-0.05, 0) is 6.42 Å². The minimum atomic E-state index is -0.924. The van der Waals surface area contributed by atoms with Gasteiger partial charge < -0.3 is 20.5 Å². The predicted octanol–water partition coefficient (Wildman–Crippen LogP) is -0.328. The zero-order valence-electron chi connectivity index (χ0n) is 10.3. The maximum Gasteiger partial charge on any atom is 0.311 e. The predicted molar refractivity (Wildman–Crippen MR) is 61.4 cm³/mol. The average Bonchev–Trinajstić information content (AvgIpc) is 2.76. The van der Waals surface area contributed by atoms with Gasteiger partial charge in [-0.1, -0.05) is 6.92 Å². The van der Waals surface area contributed by atoms with Crippen LogP contribution in [0.25, 0.3) is 0 Å². The molecule has 0 aromatic carbocycles. The molecule has 0 aliphatic carbocycles. The van der Waals surface area contributed by atoms with Crippen LogP contribution in [-0.2, 0) is 14.3 Å². The molecule has 1 fully saturated rings. The molecule has 3 atom stereocenters. The maximum atomic E-state index is 11.9. The van der Waals surface area contributed by atoms with Crippen LogP contribution in [0.1, 0.15) is 19.8 Å². The molecule has 0 saturated carbocycles. The van der Waals surface area contributed by atoms with Crippen molar-refractivity contribution >= 4 is 11.9 Å². The Morgan fingerprint density at radius 2 is 2.18 bits per heavy atom. The topological polar surface area (TPSA) is 92.9 Å². The summed E-state index contributed by atoms with van der Waals surface area (Å²) < 4.78 is 5.13. The molecule has 0 bridgehead atoms. The van der Waals surface area contributed by atoms with Crippen LogP contribution in [0.5, 0.6) is 0 Å². The Morgan fingerprint density at radius 3 is 2.71 bits per heavy atom. The molecule has 3 unspecified atom stereocenters. The van der Waals surface area contributed by atoms with E-state index >= 15 is 0 Å². The molecule has 1 amide bonds. The fraction of sp³-hybridized carbons (Fsp3) is 0.818. The second kappa shape index (κ2) is 5.97. The molecule has 98 valence electrons. The van der Waals surface area contributed by atoms with E-state index in [4.69, 9.17) is 15.6 Å². The molecule has 1 rings (SSSR count). The maximum absolute atomic E-state index is 11.9. The summed E-state index contributed by atoms with van der Waals surface area (Å²) in [6.45, 7) is 2.36. The number of likely N-dealkylation sites (N-methyl/N-ethyl adjacent to an activating group) is 1. The van der Waals surface area contributed by atoms with Gasteiger partial charge in [0.2, 0.25) is 5.91 Å². The highest BCUT2D eigenvalue weighted by Crippen LogP contribution is 2.19. The van der Waals surface area contributed by atoms with Crippen LogP contribution in [-0.4, -0.2) is 54.2 Å². The van der Waals surface area contributed by atoms with Gasteiger partial charge in [-0.25, -0.2) is 0 Å². The zero-order chi connectivity index (χ0) is 13.0. The van der Waals surface area contributed by atoms with Gasteiger partial charge in [-0.2, -0.15) is 0 Å². The van der Waals surface area contributed by atoms with E-state index in [2.05, 4.69) is 0 Å². The van der Waals surface area contributed by atoms with Crippen molar-refractivity contribution in [2.75, 3.05) is 20.3 Å². The zero-order valence-corrected chi connectivity index (χ0v) is 10.3. The minimum Gasteiger partial charge on any atom is -0.481 e. The lowest BCUT2D eigenvalue weighted by molar-refractivity contribution is -0.144. The van der Waals surface area contributed by atoms with Crippen LogP contribution in [0, 0.1) is 5.92 Å². The molecule has 1 heterocycles. The van der Waals surface area contributed by atoms with Crippen molar-refractivity contribution in [2.45, 2.75) is 31.8 Å². The number of aliphatic carboxylic acids is 1. The number of hydrogen-bond acceptors (Lipinski definition) is 4. The molecule has 1 aliphatic rings. The van der Waals surface area contributed by atoms with Crippen LogP contribution >= 0.6 is 0 Å². The van der Waals surface area contributed by atoms with Crippen molar-refractivity contribution in [1.29, 1.82) is 0 Å². The van der Waals surface area contributed by atoms with E-state index in [-0.39, 0.29) is 37.6 Å². The SMILES string of the molecule is CCC(N)CC(=O)N(C)C1COCC1C(=O)O. The lowest BCUT2D eigenvalue weighted by Crippen LogP contribution is -2.45. The van der Waals surface area contributed by atoms with Crippen LogP contribution in [0.4, 0.5) is 0 Å². The molecule has 17 heavy (non-hydrogen) atoms. The Morgan fingerprint density at radius 1 is 1.53 bits per heavy atom. The van der Waals surface area contributed by atoms with Crippen molar-refractivity contribution < 1.29 is 19.4 Å². The molecule has 0 radical (unpaired) electrons. The van der Waals surface area contributed by atoms with E-state index in [1.807, 2.05) is 6.92 Å². The third kappa shape index (κ3) is 3.41. The summed E-state index contributed by atoms with van der Waals surface area (Å²) in [7, 11) is 1.61. The first-order chi connectivity index (χ1) is 7.97. The molecule has 0 spiro atoms. The summed E-state index contributed by atoms with van der Waals surface area (Å²) in [4.78, 5) is 24.3. The number of carboxylic acid groups (broad SMARTS) is 1. The number of carbonyl (C=O) groups excluding carboxylic acids is 1. The van der Waals surface area contributed by atoms with E-state index in [9.17, 15) is 9.59 Å². The average molecular weight is 244 g/mol. The van der Waals surface area contributed by atoms with E-state index in [1.165, 1.54) is 4.90 Å². The minimum absolute atomic E-state index is 0.124. The van der Waals surface area contributed by atoms with Gasteiger partial charge in [0, 0.05) is 19.5 Å². The van der Waals surface area contributed by atoms with E-state index < -0.39 is 11.9 Å². The Labute approximate surface area is 101 Å². The number of rotatable bonds is 5. The number of carboxylic acids is 1. The highest BCUT2D eigenvalue weighted by molar-refractivity contribution is 5.78. The van der Waals surface area contributed by atoms with Gasteiger partial charge >= 0.3 is 5.97 Å². The van der Waals surface area contributed by atoms with Crippen molar-refractivity contribution in [1.82, 2.24) is 4.90 Å². The normalized spacial score (nSPS) is 25.6. The molecule has 6 heteroatoms. The number of nitrogens with two attached hydrogens (primary N) is 1. The van der Waals surface area contributed by atoms with Crippen LogP contribution in [0.2, 0.25) is 0 Å². The molecular weight excluding hydrogens is 224 g/mol. The Balaban J connectivity index is 2.59. The van der Waals surface area contributed by atoms with Crippen molar-refractivity contribution in [2.24, 2.45) is 11.7 Å². The fourth-order valence-corrected chi connectivity index (χ4v) is 1.86. The van der Waals surface area contributed by atoms with Gasteiger partial charge in [-0.15, -0.1) is 0 Å². The van der Waals surface area contributed by atoms with Gasteiger partial charge in [0.1, 0.15) is 5.92 Å². The number of nitrogens with zero attached hydrogens (tertiary/aromatic N) is 1. The third-order valence-corrected chi connectivity index (χ3v) is 3.22.